The Morgan fingerprint density at radius 1 is 1.05 bits per heavy atom. The highest BCUT2D eigenvalue weighted by Crippen LogP contribution is 2.25. The number of hydrogen-bond acceptors (Lipinski definition) is 4. The Morgan fingerprint density at radius 3 is 2.19 bits per heavy atom. The Hall–Kier alpha value is -1.15. The molecule has 7 nitrogen and oxygen atoms in total. The number of piperidine rings is 2. The molecule has 0 radical (unpaired) electrons. The lowest BCUT2D eigenvalue weighted by atomic mass is 9.93. The van der Waals surface area contributed by atoms with E-state index in [0.29, 0.717) is 38.9 Å². The van der Waals surface area contributed by atoms with Crippen LogP contribution in [0.5, 0.6) is 0 Å². The van der Waals surface area contributed by atoms with E-state index in [1.54, 1.807) is 0 Å². The molecule has 0 aromatic carbocycles. The van der Waals surface area contributed by atoms with Crippen LogP contribution in [0, 0.1) is 5.92 Å². The molecule has 0 saturated carbocycles. The van der Waals surface area contributed by atoms with E-state index >= 15 is 0 Å². The number of likely N-dealkylation sites (tertiary alicyclic amines) is 1. The summed E-state index contributed by atoms with van der Waals surface area (Å²) in [7, 11) is -3.21. The van der Waals surface area contributed by atoms with Crippen molar-refractivity contribution in [3.8, 4) is 0 Å². The summed E-state index contributed by atoms with van der Waals surface area (Å²) in [6.07, 6.45) is 4.26. The molecule has 0 bridgehead atoms. The van der Waals surface area contributed by atoms with E-state index in [9.17, 15) is 23.1 Å². The first-order valence-electron chi connectivity index (χ1n) is 7.29. The molecule has 21 heavy (non-hydrogen) atoms. The van der Waals surface area contributed by atoms with E-state index in [2.05, 4.69) is 0 Å². The Bertz CT molecular complexity index is 511. The van der Waals surface area contributed by atoms with Gasteiger partial charge in [0.05, 0.1) is 6.26 Å². The first kappa shape index (κ1) is 16.2. The molecule has 2 heterocycles. The number of rotatable bonds is 3. The second kappa shape index (κ2) is 6.31. The second-order valence-electron chi connectivity index (χ2n) is 5.82. The van der Waals surface area contributed by atoms with Gasteiger partial charge in [-0.25, -0.2) is 17.5 Å². The summed E-state index contributed by atoms with van der Waals surface area (Å²) >= 11 is 0. The van der Waals surface area contributed by atoms with Gasteiger partial charge in [0.25, 0.3) is 0 Å². The number of sulfonamides is 1. The largest absolute Gasteiger partial charge is 0.480 e. The van der Waals surface area contributed by atoms with Crippen LogP contribution in [-0.2, 0) is 19.6 Å². The van der Waals surface area contributed by atoms with Crippen molar-refractivity contribution in [1.29, 1.82) is 0 Å². The van der Waals surface area contributed by atoms with Crippen molar-refractivity contribution in [2.24, 2.45) is 5.92 Å². The number of carbonyl (C=O) groups excluding carboxylic acids is 1. The zero-order valence-electron chi connectivity index (χ0n) is 12.2. The first-order valence-corrected chi connectivity index (χ1v) is 9.14. The molecule has 1 amide bonds. The fourth-order valence-electron chi connectivity index (χ4n) is 3.12. The average Bonchev–Trinajstić information content (AvgIpc) is 2.45. The molecule has 0 aliphatic carbocycles. The highest BCUT2D eigenvalue weighted by atomic mass is 32.2. The molecule has 2 aliphatic heterocycles. The predicted octanol–water partition coefficient (Wildman–Crippen LogP) is 0.124. The normalized spacial score (nSPS) is 25.8. The van der Waals surface area contributed by atoms with Crippen LogP contribution in [0.3, 0.4) is 0 Å². The zero-order valence-corrected chi connectivity index (χ0v) is 13.0. The van der Waals surface area contributed by atoms with E-state index in [1.807, 2.05) is 0 Å². The summed E-state index contributed by atoms with van der Waals surface area (Å²) in [5.41, 5.74) is 0. The van der Waals surface area contributed by atoms with Gasteiger partial charge in [-0.1, -0.05) is 0 Å². The molecule has 2 rings (SSSR count). The maximum absolute atomic E-state index is 12.5. The number of aliphatic carboxylic acids is 1. The van der Waals surface area contributed by atoms with Gasteiger partial charge < -0.3 is 10.0 Å². The number of carbonyl (C=O) groups is 2. The van der Waals surface area contributed by atoms with E-state index in [-0.39, 0.29) is 11.8 Å². The Morgan fingerprint density at radius 2 is 1.67 bits per heavy atom. The van der Waals surface area contributed by atoms with Crippen LogP contribution in [0.15, 0.2) is 0 Å². The highest BCUT2D eigenvalue weighted by molar-refractivity contribution is 7.88. The van der Waals surface area contributed by atoms with Gasteiger partial charge in [-0.2, -0.15) is 0 Å². The van der Waals surface area contributed by atoms with Gasteiger partial charge in [-0.3, -0.25) is 4.79 Å². The minimum absolute atomic E-state index is 0.129. The van der Waals surface area contributed by atoms with Crippen LogP contribution in [0.1, 0.15) is 32.1 Å². The summed E-state index contributed by atoms with van der Waals surface area (Å²) in [6.45, 7) is 1.16. The van der Waals surface area contributed by atoms with Gasteiger partial charge in [0, 0.05) is 25.6 Å². The summed E-state index contributed by atoms with van der Waals surface area (Å²) in [5.74, 6) is -1.34. The Labute approximate surface area is 125 Å². The van der Waals surface area contributed by atoms with Gasteiger partial charge in [0.1, 0.15) is 6.04 Å². The third kappa shape index (κ3) is 3.74. The molecule has 120 valence electrons. The predicted molar refractivity (Wildman–Crippen MR) is 76.1 cm³/mol. The van der Waals surface area contributed by atoms with Crippen LogP contribution in [0.2, 0.25) is 0 Å². The smallest absolute Gasteiger partial charge is 0.326 e. The highest BCUT2D eigenvalue weighted by Gasteiger charge is 2.37. The van der Waals surface area contributed by atoms with E-state index in [1.165, 1.54) is 15.5 Å². The lowest BCUT2D eigenvalue weighted by molar-refractivity contribution is -0.154. The van der Waals surface area contributed by atoms with Crippen molar-refractivity contribution in [1.82, 2.24) is 9.21 Å². The van der Waals surface area contributed by atoms with E-state index in [0.717, 1.165) is 12.8 Å². The maximum atomic E-state index is 12.5. The molecule has 2 aliphatic rings. The minimum atomic E-state index is -3.21. The lowest BCUT2D eigenvalue weighted by Gasteiger charge is -2.37. The fraction of sp³-hybridized carbons (Fsp3) is 0.846. The molecule has 0 aromatic heterocycles. The number of nitrogens with zero attached hydrogens (tertiary/aromatic N) is 2. The van der Waals surface area contributed by atoms with E-state index in [4.69, 9.17) is 0 Å². The van der Waals surface area contributed by atoms with Crippen molar-refractivity contribution in [2.75, 3.05) is 25.9 Å². The lowest BCUT2D eigenvalue weighted by Crippen LogP contribution is -2.52. The number of amides is 1. The van der Waals surface area contributed by atoms with Crippen LogP contribution in [0.4, 0.5) is 0 Å². The van der Waals surface area contributed by atoms with Gasteiger partial charge in [0.15, 0.2) is 0 Å². The fourth-order valence-corrected chi connectivity index (χ4v) is 4.00. The molecule has 0 unspecified atom stereocenters. The van der Waals surface area contributed by atoms with Crippen molar-refractivity contribution in [3.63, 3.8) is 0 Å². The molecule has 8 heteroatoms. The van der Waals surface area contributed by atoms with Gasteiger partial charge >= 0.3 is 5.97 Å². The third-order valence-electron chi connectivity index (χ3n) is 4.34. The first-order chi connectivity index (χ1) is 9.80. The Balaban J connectivity index is 1.99. The van der Waals surface area contributed by atoms with Crippen LogP contribution >= 0.6 is 0 Å². The average molecular weight is 318 g/mol. The Kier molecular flexibility index (Phi) is 4.88. The van der Waals surface area contributed by atoms with Gasteiger partial charge in [0.2, 0.25) is 15.9 Å². The molecule has 1 atom stereocenters. The molecule has 2 saturated heterocycles. The minimum Gasteiger partial charge on any atom is -0.480 e. The molecule has 0 spiro atoms. The molecular weight excluding hydrogens is 296 g/mol. The second-order valence-corrected chi connectivity index (χ2v) is 7.80. The number of hydrogen-bond donors (Lipinski definition) is 1. The van der Waals surface area contributed by atoms with Crippen LogP contribution < -0.4 is 0 Å². The van der Waals surface area contributed by atoms with Crippen molar-refractivity contribution < 1.29 is 23.1 Å². The number of carboxylic acids is 1. The van der Waals surface area contributed by atoms with Crippen LogP contribution in [0.25, 0.3) is 0 Å². The zero-order chi connectivity index (χ0) is 15.6. The number of carboxylic acid groups (broad SMARTS) is 1. The molecule has 1 N–H and O–H groups in total. The standard InChI is InChI=1S/C13H22N2O5S/c1-21(19,20)14-8-5-10(6-9-14)12(16)15-7-3-2-4-11(15)13(17)18/h10-11H,2-9H2,1H3,(H,17,18)/t11-/m0/s1. The molecule has 2 fully saturated rings. The topological polar surface area (TPSA) is 95.0 Å². The van der Waals surface area contributed by atoms with Crippen molar-refractivity contribution in [3.05, 3.63) is 0 Å². The van der Waals surface area contributed by atoms with Gasteiger partial charge in [-0.05, 0) is 32.1 Å². The van der Waals surface area contributed by atoms with Crippen molar-refractivity contribution >= 4 is 21.9 Å². The van der Waals surface area contributed by atoms with Crippen LogP contribution in [-0.4, -0.2) is 66.5 Å². The summed E-state index contributed by atoms with van der Waals surface area (Å²) in [6, 6.07) is -0.723. The van der Waals surface area contributed by atoms with E-state index < -0.39 is 22.0 Å². The quantitative estimate of drug-likeness (QED) is 0.798. The SMILES string of the molecule is CS(=O)(=O)N1CCC(C(=O)N2CCCC[C@H]2C(=O)O)CC1. The molecule has 0 aromatic rings. The monoisotopic (exact) mass is 318 g/mol. The van der Waals surface area contributed by atoms with Gasteiger partial charge in [-0.15, -0.1) is 0 Å². The maximum Gasteiger partial charge on any atom is 0.326 e. The summed E-state index contributed by atoms with van der Waals surface area (Å²) in [4.78, 5) is 25.3. The third-order valence-corrected chi connectivity index (χ3v) is 5.65. The van der Waals surface area contributed by atoms with Crippen molar-refractivity contribution in [2.45, 2.75) is 38.1 Å². The summed E-state index contributed by atoms with van der Waals surface area (Å²) < 4.78 is 24.3. The molecular formula is C13H22N2O5S. The summed E-state index contributed by atoms with van der Waals surface area (Å²) in [5, 5.41) is 9.22.